The SMILES string of the molecule is CNc1ccc(-c2cc3cc(Br)ccn3n2)cc1. The molecule has 90 valence electrons. The molecule has 2 heterocycles. The zero-order valence-electron chi connectivity index (χ0n) is 9.89. The molecule has 0 unspecified atom stereocenters. The van der Waals surface area contributed by atoms with E-state index in [-0.39, 0.29) is 0 Å². The van der Waals surface area contributed by atoms with Crippen molar-refractivity contribution >= 4 is 27.1 Å². The summed E-state index contributed by atoms with van der Waals surface area (Å²) >= 11 is 3.47. The largest absolute Gasteiger partial charge is 0.388 e. The van der Waals surface area contributed by atoms with Gasteiger partial charge in [0.1, 0.15) is 0 Å². The number of hydrogen-bond donors (Lipinski definition) is 1. The predicted octanol–water partition coefficient (Wildman–Crippen LogP) is 3.81. The van der Waals surface area contributed by atoms with Crippen molar-refractivity contribution in [3.05, 3.63) is 53.1 Å². The molecule has 3 nitrogen and oxygen atoms in total. The fourth-order valence-electron chi connectivity index (χ4n) is 1.92. The first-order valence-corrected chi connectivity index (χ1v) is 6.49. The van der Waals surface area contributed by atoms with E-state index in [2.05, 4.69) is 62.7 Å². The van der Waals surface area contributed by atoms with E-state index in [9.17, 15) is 0 Å². The van der Waals surface area contributed by atoms with E-state index in [1.807, 2.05) is 23.8 Å². The van der Waals surface area contributed by atoms with Gasteiger partial charge in [0.2, 0.25) is 0 Å². The number of hydrogen-bond acceptors (Lipinski definition) is 2. The lowest BCUT2D eigenvalue weighted by Gasteiger charge is -2.00. The molecular formula is C14H12BrN3. The summed E-state index contributed by atoms with van der Waals surface area (Å²) in [5.74, 6) is 0. The Bertz CT molecular complexity index is 686. The molecule has 0 aliphatic carbocycles. The standard InChI is InChI=1S/C14H12BrN3/c1-16-12-4-2-10(3-5-12)14-9-13-8-11(15)6-7-18(13)17-14/h2-9,16H,1H3. The van der Waals surface area contributed by atoms with E-state index in [1.54, 1.807) is 0 Å². The van der Waals surface area contributed by atoms with Crippen LogP contribution in [0.1, 0.15) is 0 Å². The van der Waals surface area contributed by atoms with Crippen LogP contribution in [0, 0.1) is 0 Å². The molecule has 0 spiro atoms. The molecule has 1 N–H and O–H groups in total. The summed E-state index contributed by atoms with van der Waals surface area (Å²) in [6, 6.07) is 14.4. The fraction of sp³-hybridized carbons (Fsp3) is 0.0714. The number of halogens is 1. The van der Waals surface area contributed by atoms with Crippen LogP contribution >= 0.6 is 15.9 Å². The van der Waals surface area contributed by atoms with Crippen LogP contribution in [-0.4, -0.2) is 16.7 Å². The highest BCUT2D eigenvalue weighted by atomic mass is 79.9. The third-order valence-corrected chi connectivity index (χ3v) is 3.39. The van der Waals surface area contributed by atoms with Crippen molar-refractivity contribution in [3.63, 3.8) is 0 Å². The smallest absolute Gasteiger partial charge is 0.0933 e. The van der Waals surface area contributed by atoms with E-state index in [0.29, 0.717) is 0 Å². The highest BCUT2D eigenvalue weighted by Crippen LogP contribution is 2.23. The number of nitrogens with zero attached hydrogens (tertiary/aromatic N) is 2. The van der Waals surface area contributed by atoms with Crippen LogP contribution in [0.15, 0.2) is 53.1 Å². The van der Waals surface area contributed by atoms with E-state index in [1.165, 1.54) is 0 Å². The molecule has 0 fully saturated rings. The number of rotatable bonds is 2. The average molecular weight is 302 g/mol. The van der Waals surface area contributed by atoms with Crippen molar-refractivity contribution in [1.29, 1.82) is 0 Å². The summed E-state index contributed by atoms with van der Waals surface area (Å²) in [6.45, 7) is 0. The number of benzene rings is 1. The monoisotopic (exact) mass is 301 g/mol. The van der Waals surface area contributed by atoms with Gasteiger partial charge < -0.3 is 5.32 Å². The van der Waals surface area contributed by atoms with Crippen LogP contribution in [-0.2, 0) is 0 Å². The predicted molar refractivity (Wildman–Crippen MR) is 77.9 cm³/mol. The van der Waals surface area contributed by atoms with Crippen LogP contribution < -0.4 is 5.32 Å². The molecule has 1 aromatic carbocycles. The van der Waals surface area contributed by atoms with Crippen LogP contribution in [0.5, 0.6) is 0 Å². The van der Waals surface area contributed by atoms with Crippen LogP contribution in [0.2, 0.25) is 0 Å². The maximum absolute atomic E-state index is 4.55. The van der Waals surface area contributed by atoms with Gasteiger partial charge in [0, 0.05) is 29.0 Å². The second-order valence-electron chi connectivity index (χ2n) is 4.07. The number of nitrogens with one attached hydrogen (secondary N) is 1. The maximum atomic E-state index is 4.55. The first-order chi connectivity index (χ1) is 8.76. The molecule has 0 saturated carbocycles. The molecule has 0 atom stereocenters. The Morgan fingerprint density at radius 1 is 1.11 bits per heavy atom. The summed E-state index contributed by atoms with van der Waals surface area (Å²) in [5.41, 5.74) is 4.28. The van der Waals surface area contributed by atoms with Gasteiger partial charge in [-0.25, -0.2) is 4.52 Å². The summed E-state index contributed by atoms with van der Waals surface area (Å²) in [6.07, 6.45) is 1.95. The van der Waals surface area contributed by atoms with Crippen molar-refractivity contribution in [1.82, 2.24) is 9.61 Å². The molecule has 4 heteroatoms. The zero-order valence-corrected chi connectivity index (χ0v) is 11.5. The van der Waals surface area contributed by atoms with Gasteiger partial charge in [-0.1, -0.05) is 28.1 Å². The van der Waals surface area contributed by atoms with Crippen molar-refractivity contribution in [2.45, 2.75) is 0 Å². The lowest BCUT2D eigenvalue weighted by atomic mass is 10.1. The highest BCUT2D eigenvalue weighted by Gasteiger charge is 2.04. The first-order valence-electron chi connectivity index (χ1n) is 5.69. The summed E-state index contributed by atoms with van der Waals surface area (Å²) in [7, 11) is 1.91. The van der Waals surface area contributed by atoms with E-state index in [0.717, 1.165) is 26.9 Å². The van der Waals surface area contributed by atoms with E-state index in [4.69, 9.17) is 0 Å². The Hall–Kier alpha value is -1.81. The zero-order chi connectivity index (χ0) is 12.5. The molecule has 2 aromatic heterocycles. The lowest BCUT2D eigenvalue weighted by Crippen LogP contribution is -1.88. The first kappa shape index (κ1) is 11.3. The van der Waals surface area contributed by atoms with Crippen LogP contribution in [0.4, 0.5) is 5.69 Å². The maximum Gasteiger partial charge on any atom is 0.0933 e. The molecule has 0 radical (unpaired) electrons. The topological polar surface area (TPSA) is 29.3 Å². The Morgan fingerprint density at radius 3 is 2.61 bits per heavy atom. The quantitative estimate of drug-likeness (QED) is 0.780. The summed E-state index contributed by atoms with van der Waals surface area (Å²) in [4.78, 5) is 0. The lowest BCUT2D eigenvalue weighted by molar-refractivity contribution is 0.964. The number of aromatic nitrogens is 2. The Kier molecular flexibility index (Phi) is 2.80. The molecule has 0 amide bonds. The Morgan fingerprint density at radius 2 is 1.89 bits per heavy atom. The second-order valence-corrected chi connectivity index (χ2v) is 4.99. The van der Waals surface area contributed by atoms with Crippen LogP contribution in [0.25, 0.3) is 16.8 Å². The van der Waals surface area contributed by atoms with Crippen molar-refractivity contribution in [2.24, 2.45) is 0 Å². The minimum Gasteiger partial charge on any atom is -0.388 e. The van der Waals surface area contributed by atoms with Gasteiger partial charge >= 0.3 is 0 Å². The molecule has 0 aliphatic rings. The van der Waals surface area contributed by atoms with E-state index < -0.39 is 0 Å². The molecule has 0 aliphatic heterocycles. The van der Waals surface area contributed by atoms with Crippen LogP contribution in [0.3, 0.4) is 0 Å². The van der Waals surface area contributed by atoms with Crippen molar-refractivity contribution in [3.8, 4) is 11.3 Å². The molecule has 0 bridgehead atoms. The van der Waals surface area contributed by atoms with E-state index >= 15 is 0 Å². The summed E-state index contributed by atoms with van der Waals surface area (Å²) < 4.78 is 2.94. The van der Waals surface area contributed by atoms with Gasteiger partial charge in [0.15, 0.2) is 0 Å². The normalized spacial score (nSPS) is 10.8. The van der Waals surface area contributed by atoms with Gasteiger partial charge in [0.05, 0.1) is 11.2 Å². The molecule has 18 heavy (non-hydrogen) atoms. The van der Waals surface area contributed by atoms with Gasteiger partial charge in [-0.2, -0.15) is 5.10 Å². The number of pyridine rings is 1. The van der Waals surface area contributed by atoms with Gasteiger partial charge in [-0.15, -0.1) is 0 Å². The number of fused-ring (bicyclic) bond motifs is 1. The average Bonchev–Trinajstić information content (AvgIpc) is 2.81. The van der Waals surface area contributed by atoms with Gasteiger partial charge in [0.25, 0.3) is 0 Å². The number of anilines is 1. The molecule has 3 rings (SSSR count). The van der Waals surface area contributed by atoms with Crippen molar-refractivity contribution < 1.29 is 0 Å². The van der Waals surface area contributed by atoms with Gasteiger partial charge in [-0.3, -0.25) is 0 Å². The highest BCUT2D eigenvalue weighted by molar-refractivity contribution is 9.10. The third kappa shape index (κ3) is 1.99. The summed E-state index contributed by atoms with van der Waals surface area (Å²) in [5, 5.41) is 7.66. The minimum atomic E-state index is 0.982. The Labute approximate surface area is 114 Å². The van der Waals surface area contributed by atoms with Gasteiger partial charge in [-0.05, 0) is 30.3 Å². The molecule has 3 aromatic rings. The Balaban J connectivity index is 2.07. The molecule has 0 saturated heterocycles. The fourth-order valence-corrected chi connectivity index (χ4v) is 2.27. The third-order valence-electron chi connectivity index (χ3n) is 2.89. The molecular weight excluding hydrogens is 290 g/mol. The van der Waals surface area contributed by atoms with Crippen molar-refractivity contribution in [2.75, 3.05) is 12.4 Å². The second kappa shape index (κ2) is 4.46. The minimum absolute atomic E-state index is 0.982.